The minimum Gasteiger partial charge on any atom is -0.336 e. The van der Waals surface area contributed by atoms with E-state index in [0.717, 1.165) is 13.1 Å². The zero-order valence-corrected chi connectivity index (χ0v) is 14.0. The third-order valence-electron chi connectivity index (χ3n) is 3.31. The molecule has 0 saturated carbocycles. The largest absolute Gasteiger partial charge is 0.336 e. The van der Waals surface area contributed by atoms with E-state index in [9.17, 15) is 13.2 Å². The molecule has 0 aromatic heterocycles. The van der Waals surface area contributed by atoms with E-state index >= 15 is 0 Å². The number of hydrogen-bond donors (Lipinski definition) is 1. The van der Waals surface area contributed by atoms with Gasteiger partial charge in [0.05, 0.1) is 21.2 Å². The Morgan fingerprint density at radius 1 is 1.33 bits per heavy atom. The molecule has 1 amide bonds. The molecule has 21 heavy (non-hydrogen) atoms. The first kappa shape index (κ1) is 18.2. The van der Waals surface area contributed by atoms with Crippen LogP contribution in [-0.2, 0) is 9.84 Å². The van der Waals surface area contributed by atoms with Crippen LogP contribution in [0.25, 0.3) is 0 Å². The maximum Gasteiger partial charge on any atom is 0.255 e. The molecule has 0 bridgehead atoms. The molecule has 1 aliphatic heterocycles. The van der Waals surface area contributed by atoms with Gasteiger partial charge in [-0.05, 0) is 18.2 Å². The first-order valence-corrected chi connectivity index (χ1v) is 8.51. The van der Waals surface area contributed by atoms with Crippen LogP contribution in [0.15, 0.2) is 23.1 Å². The number of carbonyl (C=O) groups is 1. The summed E-state index contributed by atoms with van der Waals surface area (Å²) in [4.78, 5) is 14.2. The lowest BCUT2D eigenvalue weighted by Crippen LogP contribution is -2.46. The molecular formula is C13H18Cl2N2O3S. The fourth-order valence-electron chi connectivity index (χ4n) is 2.07. The van der Waals surface area contributed by atoms with Gasteiger partial charge in [-0.3, -0.25) is 4.79 Å². The monoisotopic (exact) mass is 352 g/mol. The van der Waals surface area contributed by atoms with Crippen LogP contribution in [0, 0.1) is 0 Å². The van der Waals surface area contributed by atoms with Gasteiger partial charge in [0.15, 0.2) is 9.84 Å². The summed E-state index contributed by atoms with van der Waals surface area (Å²) < 4.78 is 23.8. The SMILES string of the molecule is CCS(=O)(=O)c1ccc(Cl)c(C(=O)N2CCNCC2)c1.Cl. The van der Waals surface area contributed by atoms with Crippen molar-refractivity contribution in [3.05, 3.63) is 28.8 Å². The molecule has 1 aliphatic rings. The van der Waals surface area contributed by atoms with Gasteiger partial charge < -0.3 is 10.2 Å². The second-order valence-corrected chi connectivity index (χ2v) is 7.27. The maximum absolute atomic E-state index is 12.4. The molecule has 2 rings (SSSR count). The summed E-state index contributed by atoms with van der Waals surface area (Å²) in [5.74, 6) is -0.222. The van der Waals surface area contributed by atoms with E-state index in [0.29, 0.717) is 13.1 Å². The lowest BCUT2D eigenvalue weighted by atomic mass is 10.2. The molecular weight excluding hydrogens is 335 g/mol. The molecule has 0 atom stereocenters. The van der Waals surface area contributed by atoms with Crippen LogP contribution in [0.3, 0.4) is 0 Å². The Labute approximate surface area is 136 Å². The van der Waals surface area contributed by atoms with Crippen LogP contribution in [0.5, 0.6) is 0 Å². The van der Waals surface area contributed by atoms with Gasteiger partial charge in [0.2, 0.25) is 0 Å². The Morgan fingerprint density at radius 3 is 2.52 bits per heavy atom. The third kappa shape index (κ3) is 4.10. The van der Waals surface area contributed by atoms with Gasteiger partial charge in [-0.15, -0.1) is 12.4 Å². The summed E-state index contributed by atoms with van der Waals surface area (Å²) in [6, 6.07) is 4.29. The Morgan fingerprint density at radius 2 is 1.95 bits per heavy atom. The van der Waals surface area contributed by atoms with Gasteiger partial charge in [0.25, 0.3) is 5.91 Å². The minimum absolute atomic E-state index is 0. The number of hydrogen-bond acceptors (Lipinski definition) is 4. The molecule has 1 saturated heterocycles. The van der Waals surface area contributed by atoms with Crippen molar-refractivity contribution in [2.75, 3.05) is 31.9 Å². The molecule has 1 heterocycles. The number of amides is 1. The van der Waals surface area contributed by atoms with E-state index in [1.807, 2.05) is 0 Å². The molecule has 8 heteroatoms. The van der Waals surface area contributed by atoms with Crippen molar-refractivity contribution in [1.29, 1.82) is 0 Å². The van der Waals surface area contributed by atoms with Crippen molar-refractivity contribution in [3.8, 4) is 0 Å². The number of benzene rings is 1. The maximum atomic E-state index is 12.4. The molecule has 0 aliphatic carbocycles. The van der Waals surface area contributed by atoms with Gasteiger partial charge >= 0.3 is 0 Å². The second-order valence-electron chi connectivity index (χ2n) is 4.59. The molecule has 0 unspecified atom stereocenters. The number of rotatable bonds is 3. The summed E-state index contributed by atoms with van der Waals surface area (Å²) in [6.45, 7) is 4.23. The summed E-state index contributed by atoms with van der Waals surface area (Å²) in [6.07, 6.45) is 0. The Balaban J connectivity index is 0.00000220. The third-order valence-corrected chi connectivity index (χ3v) is 5.37. The van der Waals surface area contributed by atoms with Crippen LogP contribution >= 0.6 is 24.0 Å². The standard InChI is InChI=1S/C13H17ClN2O3S.ClH/c1-2-20(18,19)10-3-4-12(14)11(9-10)13(17)16-7-5-15-6-8-16;/h3-4,9,15H,2,5-8H2,1H3;1H. The molecule has 0 radical (unpaired) electrons. The summed E-state index contributed by atoms with van der Waals surface area (Å²) >= 11 is 6.05. The van der Waals surface area contributed by atoms with Crippen molar-refractivity contribution in [2.45, 2.75) is 11.8 Å². The zero-order valence-electron chi connectivity index (χ0n) is 11.6. The van der Waals surface area contributed by atoms with E-state index in [1.165, 1.54) is 18.2 Å². The van der Waals surface area contributed by atoms with Gasteiger partial charge in [0.1, 0.15) is 0 Å². The molecule has 118 valence electrons. The molecule has 1 N–H and O–H groups in total. The fourth-order valence-corrected chi connectivity index (χ4v) is 3.17. The first-order chi connectivity index (χ1) is 9.45. The van der Waals surface area contributed by atoms with E-state index in [2.05, 4.69) is 5.32 Å². The highest BCUT2D eigenvalue weighted by Gasteiger charge is 2.22. The normalized spacial score (nSPS) is 15.4. The molecule has 0 spiro atoms. The zero-order chi connectivity index (χ0) is 14.8. The number of nitrogens with zero attached hydrogens (tertiary/aromatic N) is 1. The van der Waals surface area contributed by atoms with Crippen LogP contribution < -0.4 is 5.32 Å². The van der Waals surface area contributed by atoms with Crippen molar-refractivity contribution < 1.29 is 13.2 Å². The topological polar surface area (TPSA) is 66.5 Å². The Bertz CT molecular complexity index is 614. The second kappa shape index (κ2) is 7.45. The molecule has 1 fully saturated rings. The van der Waals surface area contributed by atoms with Gasteiger partial charge in [-0.2, -0.15) is 0 Å². The predicted molar refractivity (Wildman–Crippen MR) is 85.2 cm³/mol. The highest BCUT2D eigenvalue weighted by molar-refractivity contribution is 7.91. The van der Waals surface area contributed by atoms with Gasteiger partial charge in [-0.25, -0.2) is 8.42 Å². The minimum atomic E-state index is -3.34. The van der Waals surface area contributed by atoms with Crippen molar-refractivity contribution in [1.82, 2.24) is 10.2 Å². The molecule has 1 aromatic rings. The van der Waals surface area contributed by atoms with E-state index in [1.54, 1.807) is 11.8 Å². The predicted octanol–water partition coefficient (Wildman–Crippen LogP) is 1.60. The van der Waals surface area contributed by atoms with Crippen LogP contribution in [0.2, 0.25) is 5.02 Å². The Hall–Kier alpha value is -0.820. The van der Waals surface area contributed by atoms with E-state index in [-0.39, 0.29) is 39.5 Å². The molecule has 1 aromatic carbocycles. The number of piperazine rings is 1. The average Bonchev–Trinajstić information content (AvgIpc) is 2.47. The average molecular weight is 353 g/mol. The summed E-state index contributed by atoms with van der Waals surface area (Å²) in [5.41, 5.74) is 0.253. The molecule has 5 nitrogen and oxygen atoms in total. The Kier molecular flexibility index (Phi) is 6.46. The van der Waals surface area contributed by atoms with Crippen LogP contribution in [-0.4, -0.2) is 51.2 Å². The quantitative estimate of drug-likeness (QED) is 0.897. The van der Waals surface area contributed by atoms with Gasteiger partial charge in [0, 0.05) is 26.2 Å². The lowest BCUT2D eigenvalue weighted by Gasteiger charge is -2.27. The number of sulfone groups is 1. The van der Waals surface area contributed by atoms with Crippen LogP contribution in [0.1, 0.15) is 17.3 Å². The number of halogens is 2. The van der Waals surface area contributed by atoms with Crippen molar-refractivity contribution in [3.63, 3.8) is 0 Å². The highest BCUT2D eigenvalue weighted by atomic mass is 35.5. The van der Waals surface area contributed by atoms with Crippen molar-refractivity contribution in [2.24, 2.45) is 0 Å². The smallest absolute Gasteiger partial charge is 0.255 e. The van der Waals surface area contributed by atoms with Gasteiger partial charge in [-0.1, -0.05) is 18.5 Å². The lowest BCUT2D eigenvalue weighted by molar-refractivity contribution is 0.0735. The fraction of sp³-hybridized carbons (Fsp3) is 0.462. The van der Waals surface area contributed by atoms with E-state index in [4.69, 9.17) is 11.6 Å². The van der Waals surface area contributed by atoms with E-state index < -0.39 is 9.84 Å². The van der Waals surface area contributed by atoms with Crippen LogP contribution in [0.4, 0.5) is 0 Å². The summed E-state index contributed by atoms with van der Waals surface area (Å²) in [5, 5.41) is 3.44. The number of carbonyl (C=O) groups excluding carboxylic acids is 1. The number of nitrogens with one attached hydrogen (secondary N) is 1. The van der Waals surface area contributed by atoms with Crippen molar-refractivity contribution >= 4 is 39.8 Å². The summed E-state index contributed by atoms with van der Waals surface area (Å²) in [7, 11) is -3.34. The highest BCUT2D eigenvalue weighted by Crippen LogP contribution is 2.23. The first-order valence-electron chi connectivity index (χ1n) is 6.48.